The van der Waals surface area contributed by atoms with E-state index in [2.05, 4.69) is 5.32 Å². The number of benzene rings is 1. The van der Waals surface area contributed by atoms with E-state index in [9.17, 15) is 14.0 Å². The Morgan fingerprint density at radius 1 is 1.50 bits per heavy atom. The minimum Gasteiger partial charge on any atom is -0.399 e. The van der Waals surface area contributed by atoms with Crippen molar-refractivity contribution in [3.8, 4) is 0 Å². The summed E-state index contributed by atoms with van der Waals surface area (Å²) < 4.78 is 19.0. The maximum absolute atomic E-state index is 13.8. The van der Waals surface area contributed by atoms with Gasteiger partial charge >= 0.3 is 0 Å². The number of anilines is 1. The van der Waals surface area contributed by atoms with Gasteiger partial charge in [0.05, 0.1) is 18.8 Å². The summed E-state index contributed by atoms with van der Waals surface area (Å²) in [6, 6.07) is 3.11. The van der Waals surface area contributed by atoms with E-state index < -0.39 is 17.8 Å². The lowest BCUT2D eigenvalue weighted by molar-refractivity contribution is -0.130. The van der Waals surface area contributed by atoms with Crippen LogP contribution >= 0.6 is 0 Å². The van der Waals surface area contributed by atoms with Crippen LogP contribution in [0.3, 0.4) is 0 Å². The number of halogens is 1. The second-order valence-electron chi connectivity index (χ2n) is 4.44. The first-order chi connectivity index (χ1) is 9.54. The molecule has 2 rings (SSSR count). The Hall–Kier alpha value is -2.15. The number of amides is 2. The number of likely N-dealkylation sites (N-methyl/N-ethyl adjacent to an activating group) is 1. The van der Waals surface area contributed by atoms with Gasteiger partial charge in [0, 0.05) is 19.3 Å². The molecular formula is C13H16FN3O3. The van der Waals surface area contributed by atoms with Crippen molar-refractivity contribution in [3.05, 3.63) is 29.6 Å². The third-order valence-electron chi connectivity index (χ3n) is 3.16. The van der Waals surface area contributed by atoms with Crippen LogP contribution in [0.1, 0.15) is 10.4 Å². The fourth-order valence-electron chi connectivity index (χ4n) is 2.09. The Balaban J connectivity index is 2.27. The summed E-state index contributed by atoms with van der Waals surface area (Å²) in [5, 5.41) is 2.47. The van der Waals surface area contributed by atoms with Crippen LogP contribution in [0.15, 0.2) is 18.2 Å². The molecule has 20 heavy (non-hydrogen) atoms. The molecule has 1 atom stereocenters. The number of ether oxygens (including phenoxy) is 1. The van der Waals surface area contributed by atoms with Crippen LogP contribution in [-0.4, -0.2) is 49.6 Å². The number of morpholine rings is 1. The second-order valence-corrected chi connectivity index (χ2v) is 4.44. The number of hydrogen-bond donors (Lipinski definition) is 2. The van der Waals surface area contributed by atoms with Crippen LogP contribution < -0.4 is 11.1 Å². The fraction of sp³-hybridized carbons (Fsp3) is 0.385. The molecule has 0 bridgehead atoms. The minimum absolute atomic E-state index is 0.0992. The minimum atomic E-state index is -0.752. The van der Waals surface area contributed by atoms with Crippen LogP contribution in [-0.2, 0) is 9.53 Å². The summed E-state index contributed by atoms with van der Waals surface area (Å²) in [5.41, 5.74) is 5.59. The highest BCUT2D eigenvalue weighted by Gasteiger charge is 2.33. The molecule has 2 amide bonds. The van der Waals surface area contributed by atoms with Crippen molar-refractivity contribution in [2.45, 2.75) is 6.04 Å². The molecule has 0 saturated carbocycles. The molecule has 1 fully saturated rings. The quantitative estimate of drug-likeness (QED) is 0.747. The van der Waals surface area contributed by atoms with E-state index in [0.717, 1.165) is 6.07 Å². The zero-order valence-corrected chi connectivity index (χ0v) is 11.1. The van der Waals surface area contributed by atoms with Gasteiger partial charge in [-0.15, -0.1) is 0 Å². The van der Waals surface area contributed by atoms with Crippen molar-refractivity contribution in [2.24, 2.45) is 0 Å². The lowest BCUT2D eigenvalue weighted by Crippen LogP contribution is -2.55. The summed E-state index contributed by atoms with van der Waals surface area (Å²) in [7, 11) is 1.48. The highest BCUT2D eigenvalue weighted by atomic mass is 19.1. The molecule has 1 saturated heterocycles. The number of carbonyl (C=O) groups is 2. The van der Waals surface area contributed by atoms with Gasteiger partial charge in [-0.1, -0.05) is 0 Å². The average molecular weight is 281 g/mol. The lowest BCUT2D eigenvalue weighted by atomic mass is 10.1. The Bertz CT molecular complexity index is 536. The van der Waals surface area contributed by atoms with Crippen LogP contribution in [0, 0.1) is 5.82 Å². The predicted octanol–water partition coefficient (Wildman–Crippen LogP) is -0.00510. The molecule has 0 aliphatic carbocycles. The van der Waals surface area contributed by atoms with Gasteiger partial charge in [-0.2, -0.15) is 0 Å². The van der Waals surface area contributed by atoms with Gasteiger partial charge in [-0.25, -0.2) is 4.39 Å². The SMILES string of the molecule is CNC(=O)C1COCCN1C(=O)c1ccc(N)cc1F. The maximum atomic E-state index is 13.8. The number of nitrogen functional groups attached to an aromatic ring is 1. The first-order valence-corrected chi connectivity index (χ1v) is 6.20. The number of rotatable bonds is 2. The van der Waals surface area contributed by atoms with E-state index in [1.807, 2.05) is 0 Å². The van der Waals surface area contributed by atoms with Crippen LogP contribution in [0.2, 0.25) is 0 Å². The highest BCUT2D eigenvalue weighted by molar-refractivity contribution is 5.98. The Morgan fingerprint density at radius 3 is 2.90 bits per heavy atom. The van der Waals surface area contributed by atoms with E-state index >= 15 is 0 Å². The van der Waals surface area contributed by atoms with Gasteiger partial charge in [0.2, 0.25) is 5.91 Å². The molecule has 1 aromatic carbocycles. The molecule has 108 valence electrons. The molecule has 1 heterocycles. The van der Waals surface area contributed by atoms with E-state index in [1.165, 1.54) is 24.1 Å². The van der Waals surface area contributed by atoms with Gasteiger partial charge in [-0.05, 0) is 18.2 Å². The van der Waals surface area contributed by atoms with Gasteiger partial charge in [-0.3, -0.25) is 9.59 Å². The Morgan fingerprint density at radius 2 is 2.25 bits per heavy atom. The molecule has 0 radical (unpaired) electrons. The molecule has 1 aliphatic rings. The summed E-state index contributed by atoms with van der Waals surface area (Å²) in [4.78, 5) is 25.4. The van der Waals surface area contributed by atoms with Crippen molar-refractivity contribution < 1.29 is 18.7 Å². The molecule has 3 N–H and O–H groups in total. The summed E-state index contributed by atoms with van der Waals surface area (Å²) in [6.07, 6.45) is 0. The zero-order valence-electron chi connectivity index (χ0n) is 11.1. The molecule has 1 aromatic rings. The Labute approximate surface area is 115 Å². The van der Waals surface area contributed by atoms with Gasteiger partial charge in [0.15, 0.2) is 0 Å². The predicted molar refractivity (Wildman–Crippen MR) is 70.5 cm³/mol. The van der Waals surface area contributed by atoms with Crippen LogP contribution in [0.25, 0.3) is 0 Å². The summed E-state index contributed by atoms with van der Waals surface area (Å²) in [6.45, 7) is 0.651. The number of nitrogens with one attached hydrogen (secondary N) is 1. The van der Waals surface area contributed by atoms with Crippen LogP contribution in [0.5, 0.6) is 0 Å². The van der Waals surface area contributed by atoms with E-state index in [4.69, 9.17) is 10.5 Å². The molecule has 7 heteroatoms. The van der Waals surface area contributed by atoms with Crippen molar-refractivity contribution in [1.29, 1.82) is 0 Å². The second kappa shape index (κ2) is 5.87. The first-order valence-electron chi connectivity index (χ1n) is 6.20. The zero-order chi connectivity index (χ0) is 14.7. The normalized spacial score (nSPS) is 18.7. The summed E-state index contributed by atoms with van der Waals surface area (Å²) >= 11 is 0. The van der Waals surface area contributed by atoms with Gasteiger partial charge in [0.1, 0.15) is 11.9 Å². The first kappa shape index (κ1) is 14.3. The lowest BCUT2D eigenvalue weighted by Gasteiger charge is -2.34. The maximum Gasteiger partial charge on any atom is 0.257 e. The molecule has 1 unspecified atom stereocenters. The largest absolute Gasteiger partial charge is 0.399 e. The highest BCUT2D eigenvalue weighted by Crippen LogP contribution is 2.17. The fourth-order valence-corrected chi connectivity index (χ4v) is 2.09. The topological polar surface area (TPSA) is 84.7 Å². The molecule has 6 nitrogen and oxygen atoms in total. The third kappa shape index (κ3) is 2.72. The van der Waals surface area contributed by atoms with Crippen molar-refractivity contribution in [2.75, 3.05) is 32.5 Å². The standard InChI is InChI=1S/C13H16FN3O3/c1-16-12(18)11-7-20-5-4-17(11)13(19)9-3-2-8(15)6-10(9)14/h2-3,6,11H,4-5,7,15H2,1H3,(H,16,18). The molecule has 0 aromatic heterocycles. The smallest absolute Gasteiger partial charge is 0.257 e. The van der Waals surface area contributed by atoms with Crippen molar-refractivity contribution in [1.82, 2.24) is 10.2 Å². The summed E-state index contributed by atoms with van der Waals surface area (Å²) in [5.74, 6) is -1.58. The van der Waals surface area contributed by atoms with Crippen molar-refractivity contribution >= 4 is 17.5 Å². The average Bonchev–Trinajstić information content (AvgIpc) is 2.46. The van der Waals surface area contributed by atoms with E-state index in [0.29, 0.717) is 6.61 Å². The number of carbonyl (C=O) groups excluding carboxylic acids is 2. The molecule has 1 aliphatic heterocycles. The molecule has 0 spiro atoms. The van der Waals surface area contributed by atoms with E-state index in [-0.39, 0.29) is 30.3 Å². The van der Waals surface area contributed by atoms with E-state index in [1.54, 1.807) is 0 Å². The number of hydrogen-bond acceptors (Lipinski definition) is 4. The number of nitrogens with zero attached hydrogens (tertiary/aromatic N) is 1. The number of nitrogens with two attached hydrogens (primary N) is 1. The van der Waals surface area contributed by atoms with Gasteiger partial charge < -0.3 is 20.7 Å². The van der Waals surface area contributed by atoms with Crippen LogP contribution in [0.4, 0.5) is 10.1 Å². The third-order valence-corrected chi connectivity index (χ3v) is 3.16. The van der Waals surface area contributed by atoms with Gasteiger partial charge in [0.25, 0.3) is 5.91 Å². The Kier molecular flexibility index (Phi) is 4.19. The van der Waals surface area contributed by atoms with Crippen molar-refractivity contribution in [3.63, 3.8) is 0 Å². The monoisotopic (exact) mass is 281 g/mol. The molecular weight excluding hydrogens is 265 g/mol.